The Kier molecular flexibility index (Phi) is 8.20. The van der Waals surface area contributed by atoms with Crippen LogP contribution in [0.25, 0.3) is 0 Å². The highest BCUT2D eigenvalue weighted by molar-refractivity contribution is 5.14. The molecule has 70 valence electrons. The standard InChI is InChI=1S/C12H22/c1-4-6-7-8-9-10-11-12(3)5-2/h5,10-11H,4,6-9H2,1-3H3/b11-10+,12-5?. The first-order chi connectivity index (χ1) is 5.81. The molecule has 0 fully saturated rings. The highest BCUT2D eigenvalue weighted by Gasteiger charge is 1.84. The van der Waals surface area contributed by atoms with Crippen LogP contribution >= 0.6 is 0 Å². The fourth-order valence-electron chi connectivity index (χ4n) is 1.05. The van der Waals surface area contributed by atoms with E-state index in [1.807, 2.05) is 0 Å². The van der Waals surface area contributed by atoms with Crippen LogP contribution in [0.15, 0.2) is 23.8 Å². The van der Waals surface area contributed by atoms with Gasteiger partial charge in [-0.25, -0.2) is 0 Å². The lowest BCUT2D eigenvalue weighted by atomic mass is 10.1. The summed E-state index contributed by atoms with van der Waals surface area (Å²) in [5, 5.41) is 0. The van der Waals surface area contributed by atoms with Crippen molar-refractivity contribution < 1.29 is 0 Å². The topological polar surface area (TPSA) is 0 Å². The van der Waals surface area contributed by atoms with Crippen molar-refractivity contribution in [3.05, 3.63) is 23.8 Å². The van der Waals surface area contributed by atoms with Crippen LogP contribution in [0, 0.1) is 0 Å². The Bertz CT molecular complexity index is 140. The average molecular weight is 166 g/mol. The molecule has 0 amide bonds. The maximum atomic E-state index is 2.28. The van der Waals surface area contributed by atoms with Gasteiger partial charge in [0.2, 0.25) is 0 Å². The Morgan fingerprint density at radius 2 is 1.92 bits per heavy atom. The first-order valence-corrected chi connectivity index (χ1v) is 5.10. The van der Waals surface area contributed by atoms with E-state index in [4.69, 9.17) is 0 Å². The summed E-state index contributed by atoms with van der Waals surface area (Å²) in [6, 6.07) is 0. The van der Waals surface area contributed by atoms with E-state index in [2.05, 4.69) is 39.0 Å². The van der Waals surface area contributed by atoms with E-state index in [-0.39, 0.29) is 0 Å². The van der Waals surface area contributed by atoms with E-state index in [0.717, 1.165) is 0 Å². The molecule has 0 aromatic heterocycles. The largest absolute Gasteiger partial charge is 0.0847 e. The van der Waals surface area contributed by atoms with Crippen LogP contribution in [0.3, 0.4) is 0 Å². The van der Waals surface area contributed by atoms with Crippen molar-refractivity contribution in [1.29, 1.82) is 0 Å². The van der Waals surface area contributed by atoms with Gasteiger partial charge in [-0.15, -0.1) is 0 Å². The van der Waals surface area contributed by atoms with Gasteiger partial charge in [-0.3, -0.25) is 0 Å². The van der Waals surface area contributed by atoms with E-state index >= 15 is 0 Å². The van der Waals surface area contributed by atoms with E-state index < -0.39 is 0 Å². The predicted octanol–water partition coefficient (Wildman–Crippen LogP) is 4.48. The number of hydrogen-bond donors (Lipinski definition) is 0. The smallest absolute Gasteiger partial charge is 0.0348 e. The summed E-state index contributed by atoms with van der Waals surface area (Å²) in [6.07, 6.45) is 13.3. The Balaban J connectivity index is 3.25. The van der Waals surface area contributed by atoms with E-state index in [1.165, 1.54) is 37.7 Å². The highest BCUT2D eigenvalue weighted by Crippen LogP contribution is 2.04. The zero-order chi connectivity index (χ0) is 9.23. The van der Waals surface area contributed by atoms with Crippen molar-refractivity contribution in [3.8, 4) is 0 Å². The molecule has 0 aliphatic rings. The van der Waals surface area contributed by atoms with Crippen molar-refractivity contribution in [3.63, 3.8) is 0 Å². The molecule has 0 radical (unpaired) electrons. The van der Waals surface area contributed by atoms with Gasteiger partial charge in [0.15, 0.2) is 0 Å². The summed E-state index contributed by atoms with van der Waals surface area (Å²) in [7, 11) is 0. The van der Waals surface area contributed by atoms with Crippen molar-refractivity contribution >= 4 is 0 Å². The van der Waals surface area contributed by atoms with Gasteiger partial charge in [0.05, 0.1) is 0 Å². The van der Waals surface area contributed by atoms with E-state index in [1.54, 1.807) is 0 Å². The number of hydrogen-bond acceptors (Lipinski definition) is 0. The quantitative estimate of drug-likeness (QED) is 0.403. The molecule has 0 nitrogen and oxygen atoms in total. The second-order valence-electron chi connectivity index (χ2n) is 3.28. The predicted molar refractivity (Wildman–Crippen MR) is 57.3 cm³/mol. The molecule has 0 atom stereocenters. The van der Waals surface area contributed by atoms with Crippen LogP contribution in [-0.2, 0) is 0 Å². The van der Waals surface area contributed by atoms with Gasteiger partial charge in [-0.05, 0) is 26.7 Å². The minimum absolute atomic E-state index is 1.24. The molecule has 0 aliphatic carbocycles. The molecular formula is C12H22. The summed E-state index contributed by atoms with van der Waals surface area (Å²) in [5.41, 5.74) is 1.37. The van der Waals surface area contributed by atoms with Gasteiger partial charge in [-0.1, -0.05) is 50.0 Å². The third kappa shape index (κ3) is 7.59. The molecule has 0 heteroatoms. The van der Waals surface area contributed by atoms with Gasteiger partial charge < -0.3 is 0 Å². The maximum Gasteiger partial charge on any atom is -0.0348 e. The lowest BCUT2D eigenvalue weighted by molar-refractivity contribution is 0.674. The average Bonchev–Trinajstić information content (AvgIpc) is 2.10. The fraction of sp³-hybridized carbons (Fsp3) is 0.667. The van der Waals surface area contributed by atoms with Crippen molar-refractivity contribution in [2.24, 2.45) is 0 Å². The van der Waals surface area contributed by atoms with Gasteiger partial charge >= 0.3 is 0 Å². The Hall–Kier alpha value is -0.520. The molecule has 0 unspecified atom stereocenters. The molecule has 0 aromatic rings. The van der Waals surface area contributed by atoms with Gasteiger partial charge in [0, 0.05) is 0 Å². The minimum atomic E-state index is 1.24. The summed E-state index contributed by atoms with van der Waals surface area (Å²) >= 11 is 0. The van der Waals surface area contributed by atoms with Gasteiger partial charge in [0.1, 0.15) is 0 Å². The van der Waals surface area contributed by atoms with Crippen LogP contribution < -0.4 is 0 Å². The number of unbranched alkanes of at least 4 members (excludes halogenated alkanes) is 4. The summed E-state index contributed by atoms with van der Waals surface area (Å²) in [4.78, 5) is 0. The molecule has 0 heterocycles. The first-order valence-electron chi connectivity index (χ1n) is 5.10. The molecule has 0 aromatic carbocycles. The number of rotatable bonds is 6. The molecule has 0 saturated carbocycles. The molecule has 0 aliphatic heterocycles. The van der Waals surface area contributed by atoms with Crippen LogP contribution in [0.5, 0.6) is 0 Å². The monoisotopic (exact) mass is 166 g/mol. The Morgan fingerprint density at radius 3 is 2.50 bits per heavy atom. The third-order valence-corrected chi connectivity index (χ3v) is 2.06. The van der Waals surface area contributed by atoms with Crippen LogP contribution in [0.4, 0.5) is 0 Å². The molecular weight excluding hydrogens is 144 g/mol. The van der Waals surface area contributed by atoms with E-state index in [9.17, 15) is 0 Å². The highest BCUT2D eigenvalue weighted by atomic mass is 13.9. The third-order valence-electron chi connectivity index (χ3n) is 2.06. The van der Waals surface area contributed by atoms with Crippen molar-refractivity contribution in [2.75, 3.05) is 0 Å². The van der Waals surface area contributed by atoms with Crippen molar-refractivity contribution in [1.82, 2.24) is 0 Å². The molecule has 0 saturated heterocycles. The second-order valence-corrected chi connectivity index (χ2v) is 3.28. The summed E-state index contributed by atoms with van der Waals surface area (Å²) in [6.45, 7) is 6.47. The normalized spacial score (nSPS) is 12.8. The van der Waals surface area contributed by atoms with Gasteiger partial charge in [-0.2, -0.15) is 0 Å². The van der Waals surface area contributed by atoms with Crippen LogP contribution in [0.2, 0.25) is 0 Å². The molecule has 0 bridgehead atoms. The molecule has 0 N–H and O–H groups in total. The molecule has 12 heavy (non-hydrogen) atoms. The van der Waals surface area contributed by atoms with Crippen LogP contribution in [-0.4, -0.2) is 0 Å². The fourth-order valence-corrected chi connectivity index (χ4v) is 1.05. The SMILES string of the molecule is CC=C(C)/C=C/CCCCCC. The Morgan fingerprint density at radius 1 is 1.17 bits per heavy atom. The molecule has 0 spiro atoms. The van der Waals surface area contributed by atoms with Crippen molar-refractivity contribution in [2.45, 2.75) is 52.9 Å². The summed E-state index contributed by atoms with van der Waals surface area (Å²) in [5.74, 6) is 0. The zero-order valence-corrected chi connectivity index (χ0v) is 8.77. The van der Waals surface area contributed by atoms with Crippen LogP contribution in [0.1, 0.15) is 52.9 Å². The lowest BCUT2D eigenvalue weighted by Crippen LogP contribution is -1.74. The zero-order valence-electron chi connectivity index (χ0n) is 8.77. The lowest BCUT2D eigenvalue weighted by Gasteiger charge is -1.94. The second kappa shape index (κ2) is 8.58. The molecule has 0 rings (SSSR count). The van der Waals surface area contributed by atoms with Gasteiger partial charge in [0.25, 0.3) is 0 Å². The minimum Gasteiger partial charge on any atom is -0.0847 e. The van der Waals surface area contributed by atoms with E-state index in [0.29, 0.717) is 0 Å². The Labute approximate surface area is 77.4 Å². The first kappa shape index (κ1) is 11.5. The summed E-state index contributed by atoms with van der Waals surface area (Å²) < 4.78 is 0. The maximum absolute atomic E-state index is 2.28. The number of allylic oxidation sites excluding steroid dienone is 4.